The number of benzene rings is 4. The average molecular weight is 602 g/mol. The predicted molar refractivity (Wildman–Crippen MR) is 181 cm³/mol. The number of fused-ring (bicyclic) bond motifs is 13. The van der Waals surface area contributed by atoms with Crippen LogP contribution >= 0.6 is 0 Å². The van der Waals surface area contributed by atoms with Gasteiger partial charge in [-0.25, -0.2) is 0 Å². The van der Waals surface area contributed by atoms with E-state index in [1.807, 2.05) is 18.2 Å². The van der Waals surface area contributed by atoms with Gasteiger partial charge in [0, 0.05) is 61.0 Å². The van der Waals surface area contributed by atoms with E-state index in [0.717, 1.165) is 123 Å². The number of carbonyl (C=O) groups is 3. The van der Waals surface area contributed by atoms with Crippen molar-refractivity contribution in [3.05, 3.63) is 99.1 Å². The Kier molecular flexibility index (Phi) is 4.68. The molecule has 2 saturated carbocycles. The Bertz CT molecular complexity index is 2420. The van der Waals surface area contributed by atoms with E-state index in [0.29, 0.717) is 17.6 Å². The van der Waals surface area contributed by atoms with Gasteiger partial charge in [-0.2, -0.15) is 0 Å². The number of carbonyl (C=O) groups excluding carboxylic acids is 3. The Morgan fingerprint density at radius 3 is 1.76 bits per heavy atom. The topological polar surface area (TPSA) is 55.6 Å². The fourth-order valence-electron chi connectivity index (χ4n) is 10.8. The van der Waals surface area contributed by atoms with Crippen LogP contribution in [0.4, 0.5) is 0 Å². The van der Waals surface area contributed by atoms with Crippen molar-refractivity contribution in [2.75, 3.05) is 0 Å². The third-order valence-electron chi connectivity index (χ3n) is 13.3. The van der Waals surface area contributed by atoms with Gasteiger partial charge in [0.25, 0.3) is 0 Å². The SMILES string of the molecule is CC1(C)c2ccccc2C(=O)c2c1cc1c3cc4c(cc3n3c5cc6c(cc5c2c13)C1CCC(CC1)C6=O)C(=O)C1CCC4CC1. The van der Waals surface area contributed by atoms with Crippen LogP contribution in [0, 0.1) is 11.8 Å². The molecule has 2 heterocycles. The number of hydrogen-bond donors (Lipinski definition) is 0. The second-order valence-corrected chi connectivity index (χ2v) is 15.6. The van der Waals surface area contributed by atoms with E-state index < -0.39 is 0 Å². The minimum Gasteiger partial charge on any atom is -0.308 e. The van der Waals surface area contributed by atoms with Crippen molar-refractivity contribution in [2.24, 2.45) is 11.8 Å². The molecule has 0 radical (unpaired) electrons. The summed E-state index contributed by atoms with van der Waals surface area (Å²) in [6.07, 6.45) is 8.15. The number of Topliss-reactive ketones (excluding diaryl/α,β-unsaturated/α-hetero) is 2. The van der Waals surface area contributed by atoms with Crippen LogP contribution < -0.4 is 0 Å². The molecule has 7 aliphatic carbocycles. The van der Waals surface area contributed by atoms with Gasteiger partial charge in [-0.15, -0.1) is 0 Å². The Labute approximate surface area is 267 Å². The maximum Gasteiger partial charge on any atom is 0.194 e. The lowest BCUT2D eigenvalue weighted by atomic mass is 9.67. The lowest BCUT2D eigenvalue weighted by Crippen LogP contribution is -2.30. The van der Waals surface area contributed by atoms with E-state index in [9.17, 15) is 14.4 Å². The monoisotopic (exact) mass is 601 g/mol. The summed E-state index contributed by atoms with van der Waals surface area (Å²) in [5, 5.41) is 4.39. The molecule has 4 nitrogen and oxygen atoms in total. The van der Waals surface area contributed by atoms with Crippen molar-refractivity contribution < 1.29 is 14.4 Å². The molecule has 0 unspecified atom stereocenters. The Morgan fingerprint density at radius 1 is 0.587 bits per heavy atom. The van der Waals surface area contributed by atoms with Crippen molar-refractivity contribution in [1.82, 2.24) is 4.40 Å². The van der Waals surface area contributed by atoms with Crippen molar-refractivity contribution in [1.29, 1.82) is 0 Å². The quantitative estimate of drug-likeness (QED) is 0.174. The van der Waals surface area contributed by atoms with Gasteiger partial charge in [0.05, 0.1) is 16.6 Å². The van der Waals surface area contributed by atoms with E-state index in [-0.39, 0.29) is 28.8 Å². The van der Waals surface area contributed by atoms with Crippen molar-refractivity contribution in [3.63, 3.8) is 0 Å². The highest BCUT2D eigenvalue weighted by Gasteiger charge is 2.42. The molecule has 0 amide bonds. The molecular formula is C42H35NO3. The van der Waals surface area contributed by atoms with E-state index in [1.165, 1.54) is 11.1 Å². The zero-order chi connectivity index (χ0) is 30.8. The molecule has 7 aliphatic rings. The van der Waals surface area contributed by atoms with Crippen LogP contribution in [0.1, 0.15) is 136 Å². The van der Waals surface area contributed by atoms with Gasteiger partial charge in [-0.05, 0) is 116 Å². The zero-order valence-electron chi connectivity index (χ0n) is 26.3. The van der Waals surface area contributed by atoms with Crippen LogP contribution in [0.5, 0.6) is 0 Å². The summed E-state index contributed by atoms with van der Waals surface area (Å²) in [7, 11) is 0. The second kappa shape index (κ2) is 8.34. The number of ketones is 3. The standard InChI is InChI=1S/C42H35NO3/c1-42(2)32-6-4-3-5-24(32)41(46)37-33(42)17-28-27-15-25-20-7-11-22(12-8-20)39(44)29(25)18-34(27)43-35-19-30-26(16-31(35)36(37)38(28)43)21-9-13-23(14-10-21)40(30)45/h3-6,15-23H,7-14H2,1-2H3. The smallest absolute Gasteiger partial charge is 0.194 e. The molecule has 4 bridgehead atoms. The summed E-state index contributed by atoms with van der Waals surface area (Å²) in [4.78, 5) is 42.5. The van der Waals surface area contributed by atoms with Gasteiger partial charge in [0.15, 0.2) is 17.3 Å². The first-order valence-corrected chi connectivity index (χ1v) is 17.4. The average Bonchev–Trinajstić information content (AvgIpc) is 3.40. The van der Waals surface area contributed by atoms with E-state index in [1.54, 1.807) is 0 Å². The molecular weight excluding hydrogens is 566 g/mol. The van der Waals surface area contributed by atoms with Gasteiger partial charge >= 0.3 is 0 Å². The molecule has 4 aromatic carbocycles. The highest BCUT2D eigenvalue weighted by Crippen LogP contribution is 2.53. The van der Waals surface area contributed by atoms with Gasteiger partial charge in [-0.1, -0.05) is 38.1 Å². The molecule has 46 heavy (non-hydrogen) atoms. The summed E-state index contributed by atoms with van der Waals surface area (Å²) in [6.45, 7) is 4.50. The Morgan fingerprint density at radius 2 is 1.13 bits per heavy atom. The summed E-state index contributed by atoms with van der Waals surface area (Å²) < 4.78 is 2.32. The van der Waals surface area contributed by atoms with Gasteiger partial charge < -0.3 is 4.40 Å². The lowest BCUT2D eigenvalue weighted by molar-refractivity contribution is 0.0891. The minimum absolute atomic E-state index is 0.0849. The first-order valence-electron chi connectivity index (χ1n) is 17.4. The molecule has 0 spiro atoms. The third-order valence-corrected chi connectivity index (χ3v) is 13.3. The van der Waals surface area contributed by atoms with Crippen LogP contribution in [0.25, 0.3) is 38.1 Å². The molecule has 0 N–H and O–H groups in total. The normalized spacial score (nSPS) is 26.1. The van der Waals surface area contributed by atoms with Crippen LogP contribution in [0.15, 0.2) is 54.6 Å². The molecule has 226 valence electrons. The van der Waals surface area contributed by atoms with Crippen LogP contribution in [0.3, 0.4) is 0 Å². The summed E-state index contributed by atoms with van der Waals surface area (Å²) in [5.41, 5.74) is 10.6. The van der Waals surface area contributed by atoms with Crippen molar-refractivity contribution >= 4 is 55.4 Å². The summed E-state index contributed by atoms with van der Waals surface area (Å²) >= 11 is 0. The number of rotatable bonds is 0. The fraction of sp³-hybridized carbons (Fsp3) is 0.357. The summed E-state index contributed by atoms with van der Waals surface area (Å²) in [6, 6.07) is 19.4. The summed E-state index contributed by atoms with van der Waals surface area (Å²) in [5.74, 6) is 1.70. The molecule has 0 atom stereocenters. The van der Waals surface area contributed by atoms with E-state index >= 15 is 0 Å². The molecule has 0 saturated heterocycles. The lowest BCUT2D eigenvalue weighted by Gasteiger charge is -2.34. The maximum absolute atomic E-state index is 14.7. The highest BCUT2D eigenvalue weighted by atomic mass is 16.1. The van der Waals surface area contributed by atoms with Gasteiger partial charge in [0.1, 0.15) is 0 Å². The van der Waals surface area contributed by atoms with Crippen molar-refractivity contribution in [2.45, 2.75) is 82.5 Å². The highest BCUT2D eigenvalue weighted by molar-refractivity contribution is 6.32. The third kappa shape index (κ3) is 2.92. The minimum atomic E-state index is -0.373. The number of nitrogens with zero attached hydrogens (tertiary/aromatic N) is 1. The van der Waals surface area contributed by atoms with Gasteiger partial charge in [0.2, 0.25) is 0 Å². The van der Waals surface area contributed by atoms with Gasteiger partial charge in [-0.3, -0.25) is 14.4 Å². The molecule has 4 heteroatoms. The molecule has 0 aliphatic heterocycles. The molecule has 2 fully saturated rings. The predicted octanol–water partition coefficient (Wildman–Crippen LogP) is 9.65. The largest absolute Gasteiger partial charge is 0.308 e. The van der Waals surface area contributed by atoms with Crippen LogP contribution in [0.2, 0.25) is 0 Å². The Balaban J connectivity index is 1.35. The first-order chi connectivity index (χ1) is 22.3. The zero-order valence-corrected chi connectivity index (χ0v) is 26.3. The van der Waals surface area contributed by atoms with Crippen LogP contribution in [-0.4, -0.2) is 21.8 Å². The van der Waals surface area contributed by atoms with E-state index in [4.69, 9.17) is 0 Å². The molecule has 13 rings (SSSR count). The fourth-order valence-corrected chi connectivity index (χ4v) is 10.8. The molecule has 2 aromatic heterocycles. The molecule has 6 aromatic rings. The van der Waals surface area contributed by atoms with E-state index in [2.05, 4.69) is 54.6 Å². The van der Waals surface area contributed by atoms with Crippen LogP contribution in [-0.2, 0) is 5.41 Å². The number of hydrogen-bond acceptors (Lipinski definition) is 3. The van der Waals surface area contributed by atoms with Crippen molar-refractivity contribution in [3.8, 4) is 0 Å². The Hall–Kier alpha value is -4.31. The second-order valence-electron chi connectivity index (χ2n) is 15.6. The maximum atomic E-state index is 14.7. The first kappa shape index (κ1) is 25.8. The number of aromatic nitrogens is 1.